The average molecular weight is 455 g/mol. The van der Waals surface area contributed by atoms with E-state index in [4.69, 9.17) is 4.74 Å². The Labute approximate surface area is 186 Å². The van der Waals surface area contributed by atoms with Gasteiger partial charge in [-0.15, -0.1) is 11.3 Å². The lowest BCUT2D eigenvalue weighted by atomic mass is 9.97. The highest BCUT2D eigenvalue weighted by Crippen LogP contribution is 2.32. The molecule has 158 valence electrons. The number of hydrogen-bond donors (Lipinski definition) is 1. The van der Waals surface area contributed by atoms with E-state index in [0.29, 0.717) is 52.2 Å². The second-order valence-corrected chi connectivity index (χ2v) is 8.68. The van der Waals surface area contributed by atoms with Crippen LogP contribution in [-0.2, 0) is 9.53 Å². The lowest BCUT2D eigenvalue weighted by Gasteiger charge is -2.31. The molecule has 1 aliphatic rings. The van der Waals surface area contributed by atoms with Crippen molar-refractivity contribution in [3.8, 4) is 16.8 Å². The standard InChI is InChI=1S/C20H18N6O3S2/c1-29-19(28)12-4-7-26(8-5-12)15-3-2-13(11-23-15)17(27)25-20-24-16(14(10-21)31-20)18-22-6-9-30-18/h2-3,6,9,11-12H,4-5,7-8H2,1H3,(H,24,25,27). The maximum absolute atomic E-state index is 12.6. The van der Waals surface area contributed by atoms with E-state index in [2.05, 4.69) is 31.2 Å². The Morgan fingerprint density at radius 3 is 2.71 bits per heavy atom. The molecule has 1 amide bonds. The number of nitrogens with zero attached hydrogens (tertiary/aromatic N) is 5. The Hall–Kier alpha value is -3.36. The van der Waals surface area contributed by atoms with E-state index < -0.39 is 0 Å². The molecule has 9 nitrogen and oxygen atoms in total. The van der Waals surface area contributed by atoms with Gasteiger partial charge in [0.1, 0.15) is 27.5 Å². The number of anilines is 2. The van der Waals surface area contributed by atoms with Gasteiger partial charge in [-0.25, -0.2) is 15.0 Å². The number of methoxy groups -OCH3 is 1. The van der Waals surface area contributed by atoms with E-state index >= 15 is 0 Å². The van der Waals surface area contributed by atoms with Crippen molar-refractivity contribution >= 4 is 45.5 Å². The quantitative estimate of drug-likeness (QED) is 0.584. The molecule has 11 heteroatoms. The van der Waals surface area contributed by atoms with Crippen LogP contribution >= 0.6 is 22.7 Å². The van der Waals surface area contributed by atoms with E-state index in [1.165, 1.54) is 24.6 Å². The summed E-state index contributed by atoms with van der Waals surface area (Å²) in [4.78, 5) is 39.7. The van der Waals surface area contributed by atoms with Gasteiger partial charge in [-0.3, -0.25) is 14.9 Å². The van der Waals surface area contributed by atoms with Crippen molar-refractivity contribution in [1.82, 2.24) is 15.0 Å². The number of rotatable bonds is 5. The number of carbonyl (C=O) groups excluding carboxylic acids is 2. The van der Waals surface area contributed by atoms with Gasteiger partial charge in [0.25, 0.3) is 5.91 Å². The highest BCUT2D eigenvalue weighted by atomic mass is 32.1. The number of thiazole rings is 2. The second-order valence-electron chi connectivity index (χ2n) is 6.79. The van der Waals surface area contributed by atoms with Crippen LogP contribution in [0.4, 0.5) is 10.9 Å². The number of aromatic nitrogens is 3. The van der Waals surface area contributed by atoms with Gasteiger partial charge < -0.3 is 9.64 Å². The summed E-state index contributed by atoms with van der Waals surface area (Å²) in [7, 11) is 1.41. The van der Waals surface area contributed by atoms with Gasteiger partial charge in [0.05, 0.1) is 18.6 Å². The minimum Gasteiger partial charge on any atom is -0.469 e. The molecule has 4 rings (SSSR count). The summed E-state index contributed by atoms with van der Waals surface area (Å²) in [6.07, 6.45) is 4.58. The second kappa shape index (κ2) is 9.20. The molecule has 0 aromatic carbocycles. The molecule has 3 aromatic heterocycles. The molecule has 1 N–H and O–H groups in total. The Bertz CT molecular complexity index is 1110. The first kappa shape index (κ1) is 20.9. The minimum atomic E-state index is -0.354. The number of nitriles is 1. The van der Waals surface area contributed by atoms with E-state index in [9.17, 15) is 14.9 Å². The van der Waals surface area contributed by atoms with Crippen LogP contribution in [0.5, 0.6) is 0 Å². The van der Waals surface area contributed by atoms with Gasteiger partial charge in [0.2, 0.25) is 0 Å². The third kappa shape index (κ3) is 4.55. The van der Waals surface area contributed by atoms with Gasteiger partial charge in [0, 0.05) is 30.9 Å². The van der Waals surface area contributed by atoms with Crippen molar-refractivity contribution in [2.45, 2.75) is 12.8 Å². The predicted molar refractivity (Wildman–Crippen MR) is 117 cm³/mol. The summed E-state index contributed by atoms with van der Waals surface area (Å²) in [6, 6.07) is 5.59. The van der Waals surface area contributed by atoms with Gasteiger partial charge in [-0.2, -0.15) is 5.26 Å². The van der Waals surface area contributed by atoms with Crippen LogP contribution in [-0.4, -0.2) is 47.0 Å². The minimum absolute atomic E-state index is 0.0721. The summed E-state index contributed by atoms with van der Waals surface area (Å²) in [5.74, 6) is 0.163. The van der Waals surface area contributed by atoms with Crippen LogP contribution in [0.15, 0.2) is 29.9 Å². The Kier molecular flexibility index (Phi) is 6.20. The van der Waals surface area contributed by atoms with Crippen molar-refractivity contribution in [3.05, 3.63) is 40.3 Å². The van der Waals surface area contributed by atoms with Crippen molar-refractivity contribution in [2.24, 2.45) is 5.92 Å². The highest BCUT2D eigenvalue weighted by Gasteiger charge is 2.26. The highest BCUT2D eigenvalue weighted by molar-refractivity contribution is 7.17. The zero-order valence-corrected chi connectivity index (χ0v) is 18.2. The van der Waals surface area contributed by atoms with Crippen LogP contribution in [0, 0.1) is 17.2 Å². The van der Waals surface area contributed by atoms with Gasteiger partial charge in [0.15, 0.2) is 5.13 Å². The molecule has 0 atom stereocenters. The van der Waals surface area contributed by atoms with E-state index in [1.807, 2.05) is 0 Å². The zero-order valence-electron chi connectivity index (χ0n) is 16.6. The molecule has 0 spiro atoms. The summed E-state index contributed by atoms with van der Waals surface area (Å²) < 4.78 is 4.82. The van der Waals surface area contributed by atoms with Crippen LogP contribution < -0.4 is 10.2 Å². The number of hydrogen-bond acceptors (Lipinski definition) is 10. The smallest absolute Gasteiger partial charge is 0.308 e. The molecule has 1 aliphatic heterocycles. The maximum Gasteiger partial charge on any atom is 0.308 e. The van der Waals surface area contributed by atoms with Crippen molar-refractivity contribution in [3.63, 3.8) is 0 Å². The number of nitrogens with one attached hydrogen (secondary N) is 1. The summed E-state index contributed by atoms with van der Waals surface area (Å²) in [5, 5.41) is 14.8. The van der Waals surface area contributed by atoms with E-state index in [1.54, 1.807) is 23.7 Å². The van der Waals surface area contributed by atoms with E-state index in [-0.39, 0.29) is 17.8 Å². The monoisotopic (exact) mass is 454 g/mol. The lowest BCUT2D eigenvalue weighted by molar-refractivity contribution is -0.146. The summed E-state index contributed by atoms with van der Waals surface area (Å²) in [5.41, 5.74) is 0.860. The molecule has 31 heavy (non-hydrogen) atoms. The first-order chi connectivity index (χ1) is 15.1. The number of carbonyl (C=O) groups is 2. The molecule has 4 heterocycles. The lowest BCUT2D eigenvalue weighted by Crippen LogP contribution is -2.37. The molecule has 3 aromatic rings. The zero-order chi connectivity index (χ0) is 21.8. The Balaban J connectivity index is 1.40. The average Bonchev–Trinajstić information content (AvgIpc) is 3.48. The number of ether oxygens (including phenoxy) is 1. The molecule has 0 bridgehead atoms. The molecule has 1 saturated heterocycles. The van der Waals surface area contributed by atoms with Crippen LogP contribution in [0.2, 0.25) is 0 Å². The van der Waals surface area contributed by atoms with Crippen LogP contribution in [0.1, 0.15) is 28.1 Å². The van der Waals surface area contributed by atoms with Crippen molar-refractivity contribution in [1.29, 1.82) is 5.26 Å². The third-order valence-corrected chi connectivity index (χ3v) is 6.60. The third-order valence-electron chi connectivity index (χ3n) is 4.95. The van der Waals surface area contributed by atoms with Gasteiger partial charge in [-0.1, -0.05) is 11.3 Å². The first-order valence-electron chi connectivity index (χ1n) is 9.50. The first-order valence-corrected chi connectivity index (χ1v) is 11.2. The van der Waals surface area contributed by atoms with Crippen LogP contribution in [0.25, 0.3) is 10.7 Å². The van der Waals surface area contributed by atoms with Crippen molar-refractivity contribution in [2.75, 3.05) is 30.4 Å². The fourth-order valence-electron chi connectivity index (χ4n) is 3.32. The fourth-order valence-corrected chi connectivity index (χ4v) is 4.78. The van der Waals surface area contributed by atoms with E-state index in [0.717, 1.165) is 17.2 Å². The van der Waals surface area contributed by atoms with Crippen LogP contribution in [0.3, 0.4) is 0 Å². The number of pyridine rings is 1. The largest absolute Gasteiger partial charge is 0.469 e. The van der Waals surface area contributed by atoms with Gasteiger partial charge >= 0.3 is 5.97 Å². The molecule has 0 unspecified atom stereocenters. The molecule has 1 fully saturated rings. The summed E-state index contributed by atoms with van der Waals surface area (Å²) in [6.45, 7) is 1.40. The Morgan fingerprint density at radius 2 is 2.10 bits per heavy atom. The number of esters is 1. The number of amides is 1. The summed E-state index contributed by atoms with van der Waals surface area (Å²) >= 11 is 2.49. The predicted octanol–water partition coefficient (Wildman–Crippen LogP) is 3.17. The molecule has 0 saturated carbocycles. The normalized spacial score (nSPS) is 14.1. The topological polar surface area (TPSA) is 121 Å². The molecule has 0 radical (unpaired) electrons. The maximum atomic E-state index is 12.6. The molecular weight excluding hydrogens is 436 g/mol. The molecular formula is C20H18N6O3S2. The van der Waals surface area contributed by atoms with Crippen molar-refractivity contribution < 1.29 is 14.3 Å². The molecule has 0 aliphatic carbocycles. The van der Waals surface area contributed by atoms with Gasteiger partial charge in [-0.05, 0) is 25.0 Å². The number of piperidine rings is 1. The SMILES string of the molecule is COC(=O)C1CCN(c2ccc(C(=O)Nc3nc(-c4nccs4)c(C#N)s3)cn2)CC1. The fraction of sp³-hybridized carbons (Fsp3) is 0.300. The Morgan fingerprint density at radius 1 is 1.29 bits per heavy atom.